The molecule has 1 unspecified atom stereocenters. The van der Waals surface area contributed by atoms with Gasteiger partial charge in [0.2, 0.25) is 0 Å². The quantitative estimate of drug-likeness (QED) is 0.653. The van der Waals surface area contributed by atoms with E-state index < -0.39 is 18.2 Å². The molecule has 2 atom stereocenters. The van der Waals surface area contributed by atoms with Gasteiger partial charge in [0.1, 0.15) is 11.9 Å². The molecule has 2 heterocycles. The zero-order valence-electron chi connectivity index (χ0n) is 18.4. The molecule has 3 rings (SSSR count). The van der Waals surface area contributed by atoms with E-state index in [0.717, 1.165) is 28.1 Å². The van der Waals surface area contributed by atoms with Crippen LogP contribution >= 0.6 is 0 Å². The molecule has 31 heavy (non-hydrogen) atoms. The van der Waals surface area contributed by atoms with Crippen molar-refractivity contribution in [3.05, 3.63) is 58.7 Å². The lowest BCUT2D eigenvalue weighted by Gasteiger charge is -2.25. The van der Waals surface area contributed by atoms with Gasteiger partial charge in [0.15, 0.2) is 0 Å². The summed E-state index contributed by atoms with van der Waals surface area (Å²) >= 11 is 0. The van der Waals surface area contributed by atoms with Crippen LogP contribution in [0.25, 0.3) is 17.2 Å². The topological polar surface area (TPSA) is 79.7 Å². The Morgan fingerprint density at radius 2 is 1.81 bits per heavy atom. The second-order valence-corrected chi connectivity index (χ2v) is 8.60. The molecule has 0 radical (unpaired) electrons. The predicted octanol–water partition coefficient (Wildman–Crippen LogP) is 4.71. The Bertz CT molecular complexity index is 966. The van der Waals surface area contributed by atoms with Crippen molar-refractivity contribution in [3.63, 3.8) is 0 Å². The molecule has 6 heteroatoms. The number of aromatic nitrogens is 1. The SMILES string of the molecule is CC(C)c1nc(C(C)C)c(CO)c(-c2ccc(F)cc2)c1/C=C/[C@@H]1CC(O)CC(=O)O1. The third kappa shape index (κ3) is 5.20. The lowest BCUT2D eigenvalue weighted by atomic mass is 9.87. The summed E-state index contributed by atoms with van der Waals surface area (Å²) in [5, 5.41) is 20.2. The van der Waals surface area contributed by atoms with Gasteiger partial charge in [-0.3, -0.25) is 9.78 Å². The fraction of sp³-hybridized carbons (Fsp3) is 0.440. The zero-order chi connectivity index (χ0) is 22.7. The van der Waals surface area contributed by atoms with Crippen molar-refractivity contribution in [1.29, 1.82) is 0 Å². The van der Waals surface area contributed by atoms with Gasteiger partial charge < -0.3 is 14.9 Å². The molecule has 1 aliphatic rings. The summed E-state index contributed by atoms with van der Waals surface area (Å²) in [5.41, 5.74) is 4.72. The largest absolute Gasteiger partial charge is 0.458 e. The van der Waals surface area contributed by atoms with Gasteiger partial charge in [-0.1, -0.05) is 45.9 Å². The number of nitrogens with zero attached hydrogens (tertiary/aromatic N) is 1. The molecule has 0 aliphatic carbocycles. The number of esters is 1. The number of hydrogen-bond acceptors (Lipinski definition) is 5. The highest BCUT2D eigenvalue weighted by Crippen LogP contribution is 2.37. The number of hydrogen-bond donors (Lipinski definition) is 2. The Hall–Kier alpha value is -2.57. The van der Waals surface area contributed by atoms with Crippen LogP contribution in [0.5, 0.6) is 0 Å². The molecule has 2 aromatic rings. The van der Waals surface area contributed by atoms with Crippen molar-refractivity contribution in [3.8, 4) is 11.1 Å². The first-order valence-electron chi connectivity index (χ1n) is 10.7. The maximum Gasteiger partial charge on any atom is 0.309 e. The Morgan fingerprint density at radius 3 is 2.35 bits per heavy atom. The number of carbonyl (C=O) groups excluding carboxylic acids is 1. The summed E-state index contributed by atoms with van der Waals surface area (Å²) in [6.45, 7) is 7.93. The van der Waals surface area contributed by atoms with Crippen molar-refractivity contribution in [1.82, 2.24) is 4.98 Å². The van der Waals surface area contributed by atoms with Crippen LogP contribution in [0.15, 0.2) is 30.3 Å². The van der Waals surface area contributed by atoms with Crippen molar-refractivity contribution < 1.29 is 24.1 Å². The predicted molar refractivity (Wildman–Crippen MR) is 118 cm³/mol. The van der Waals surface area contributed by atoms with Gasteiger partial charge in [-0.15, -0.1) is 0 Å². The zero-order valence-corrected chi connectivity index (χ0v) is 18.4. The number of carbonyl (C=O) groups is 1. The molecule has 1 aliphatic heterocycles. The van der Waals surface area contributed by atoms with Gasteiger partial charge in [-0.2, -0.15) is 0 Å². The van der Waals surface area contributed by atoms with E-state index in [-0.39, 0.29) is 30.7 Å². The first kappa shape index (κ1) is 23.1. The fourth-order valence-corrected chi connectivity index (χ4v) is 4.00. The highest BCUT2D eigenvalue weighted by atomic mass is 19.1. The van der Waals surface area contributed by atoms with Gasteiger partial charge in [-0.05, 0) is 41.2 Å². The van der Waals surface area contributed by atoms with Crippen LogP contribution in [0.3, 0.4) is 0 Å². The van der Waals surface area contributed by atoms with Crippen molar-refractivity contribution >= 4 is 12.0 Å². The number of ether oxygens (including phenoxy) is 1. The summed E-state index contributed by atoms with van der Waals surface area (Å²) in [7, 11) is 0. The number of pyridine rings is 1. The number of halogens is 1. The minimum Gasteiger partial charge on any atom is -0.458 e. The molecule has 0 spiro atoms. The lowest BCUT2D eigenvalue weighted by molar-refractivity contribution is -0.156. The van der Waals surface area contributed by atoms with Gasteiger partial charge in [0, 0.05) is 23.2 Å². The Labute approximate surface area is 182 Å². The second-order valence-electron chi connectivity index (χ2n) is 8.60. The Balaban J connectivity index is 2.22. The average Bonchev–Trinajstić information content (AvgIpc) is 2.70. The van der Waals surface area contributed by atoms with E-state index in [1.165, 1.54) is 12.1 Å². The minimum atomic E-state index is -0.730. The summed E-state index contributed by atoms with van der Waals surface area (Å²) in [6, 6.07) is 6.18. The third-order valence-corrected chi connectivity index (χ3v) is 5.45. The molecule has 5 nitrogen and oxygen atoms in total. The monoisotopic (exact) mass is 427 g/mol. The van der Waals surface area contributed by atoms with Crippen LogP contribution in [0.2, 0.25) is 0 Å². The molecule has 1 fully saturated rings. The molecular formula is C25H30FNO4. The van der Waals surface area contributed by atoms with Crippen LogP contribution in [0, 0.1) is 5.82 Å². The summed E-state index contributed by atoms with van der Waals surface area (Å²) in [4.78, 5) is 16.6. The molecule has 1 saturated heterocycles. The number of aliphatic hydroxyl groups excluding tert-OH is 2. The molecule has 0 bridgehead atoms. The van der Waals surface area contributed by atoms with Gasteiger partial charge in [-0.25, -0.2) is 4.39 Å². The van der Waals surface area contributed by atoms with Crippen LogP contribution < -0.4 is 0 Å². The van der Waals surface area contributed by atoms with Crippen LogP contribution in [-0.4, -0.2) is 33.4 Å². The fourth-order valence-electron chi connectivity index (χ4n) is 4.00. The lowest BCUT2D eigenvalue weighted by Crippen LogP contribution is -2.31. The van der Waals surface area contributed by atoms with Crippen LogP contribution in [0.4, 0.5) is 4.39 Å². The van der Waals surface area contributed by atoms with E-state index >= 15 is 0 Å². The summed E-state index contributed by atoms with van der Waals surface area (Å²) in [6.07, 6.45) is 2.66. The number of aliphatic hydroxyl groups is 2. The second kappa shape index (κ2) is 9.71. The smallest absolute Gasteiger partial charge is 0.309 e. The Kier molecular flexibility index (Phi) is 7.23. The van der Waals surface area contributed by atoms with E-state index in [1.54, 1.807) is 18.2 Å². The van der Waals surface area contributed by atoms with E-state index in [0.29, 0.717) is 12.0 Å². The number of benzene rings is 1. The van der Waals surface area contributed by atoms with E-state index in [9.17, 15) is 19.4 Å². The van der Waals surface area contributed by atoms with Crippen LogP contribution in [0.1, 0.15) is 74.9 Å². The average molecular weight is 428 g/mol. The normalized spacial score (nSPS) is 19.5. The van der Waals surface area contributed by atoms with Crippen LogP contribution in [-0.2, 0) is 16.1 Å². The maximum absolute atomic E-state index is 13.6. The van der Waals surface area contributed by atoms with Gasteiger partial charge in [0.05, 0.1) is 24.8 Å². The van der Waals surface area contributed by atoms with E-state index in [1.807, 2.05) is 33.8 Å². The first-order valence-corrected chi connectivity index (χ1v) is 10.7. The molecule has 0 amide bonds. The molecule has 166 valence electrons. The molecule has 0 saturated carbocycles. The first-order chi connectivity index (χ1) is 14.7. The van der Waals surface area contributed by atoms with E-state index in [4.69, 9.17) is 9.72 Å². The van der Waals surface area contributed by atoms with Crippen molar-refractivity contribution in [2.75, 3.05) is 0 Å². The molecular weight excluding hydrogens is 397 g/mol. The highest BCUT2D eigenvalue weighted by Gasteiger charge is 2.26. The van der Waals surface area contributed by atoms with Gasteiger partial charge in [0.25, 0.3) is 0 Å². The molecule has 1 aromatic carbocycles. The van der Waals surface area contributed by atoms with Crippen molar-refractivity contribution in [2.24, 2.45) is 0 Å². The van der Waals surface area contributed by atoms with E-state index in [2.05, 4.69) is 0 Å². The maximum atomic E-state index is 13.6. The molecule has 2 N–H and O–H groups in total. The number of cyclic esters (lactones) is 1. The van der Waals surface area contributed by atoms with Crippen molar-refractivity contribution in [2.45, 2.75) is 71.2 Å². The highest BCUT2D eigenvalue weighted by molar-refractivity contribution is 5.80. The minimum absolute atomic E-state index is 0.00170. The number of rotatable bonds is 6. The Morgan fingerprint density at radius 1 is 1.16 bits per heavy atom. The molecule has 1 aromatic heterocycles. The summed E-state index contributed by atoms with van der Waals surface area (Å²) < 4.78 is 19.0. The summed E-state index contributed by atoms with van der Waals surface area (Å²) in [5.74, 6) is -0.591. The third-order valence-electron chi connectivity index (χ3n) is 5.45. The standard InChI is InChI=1S/C25H30FNO4/c1-14(2)24-20(10-9-19-11-18(29)12-22(30)31-19)23(16-5-7-17(26)8-6-16)21(13-28)25(27-24)15(3)4/h5-10,14-15,18-19,28-29H,11-13H2,1-4H3/b10-9+/t18?,19-/m1/s1. The van der Waals surface area contributed by atoms with Gasteiger partial charge >= 0.3 is 5.97 Å².